The summed E-state index contributed by atoms with van der Waals surface area (Å²) in [7, 11) is 1.59. The Kier molecular flexibility index (Phi) is 5.24. The minimum Gasteiger partial charge on any atom is -0.497 e. The zero-order valence-corrected chi connectivity index (χ0v) is 9.40. The molecule has 0 radical (unpaired) electrons. The molecule has 0 spiro atoms. The van der Waals surface area contributed by atoms with Gasteiger partial charge in [-0.25, -0.2) is 0 Å². The number of aliphatic hydroxyl groups excluding tert-OH is 1. The summed E-state index contributed by atoms with van der Waals surface area (Å²) < 4.78 is 10.6. The molecule has 3 nitrogen and oxygen atoms in total. The van der Waals surface area contributed by atoms with Gasteiger partial charge in [-0.3, -0.25) is 0 Å². The molecule has 0 fully saturated rings. The third-order valence-electron chi connectivity index (χ3n) is 2.17. The summed E-state index contributed by atoms with van der Waals surface area (Å²) in [4.78, 5) is 0. The van der Waals surface area contributed by atoms with Crippen molar-refractivity contribution in [1.82, 2.24) is 0 Å². The lowest BCUT2D eigenvalue weighted by Gasteiger charge is -2.11. The quantitative estimate of drug-likeness (QED) is 0.588. The lowest BCUT2D eigenvalue weighted by atomic mass is 10.2. The Hall–Kier alpha value is -1.66. The molecule has 86 valence electrons. The molecule has 0 amide bonds. The van der Waals surface area contributed by atoms with E-state index >= 15 is 0 Å². The van der Waals surface area contributed by atoms with Gasteiger partial charge in [-0.15, -0.1) is 12.3 Å². The van der Waals surface area contributed by atoms with Gasteiger partial charge in [-0.1, -0.05) is 0 Å². The molecule has 1 aromatic carbocycles. The Labute approximate surface area is 96.0 Å². The smallest absolute Gasteiger partial charge is 0.128 e. The fourth-order valence-corrected chi connectivity index (χ4v) is 1.28. The van der Waals surface area contributed by atoms with E-state index in [1.807, 2.05) is 0 Å². The van der Waals surface area contributed by atoms with Gasteiger partial charge in [0.05, 0.1) is 20.3 Å². The Morgan fingerprint density at radius 2 is 2.25 bits per heavy atom. The molecule has 3 heteroatoms. The number of hydrogen-bond donors (Lipinski definition) is 1. The van der Waals surface area contributed by atoms with Crippen molar-refractivity contribution < 1.29 is 14.6 Å². The Morgan fingerprint density at radius 3 is 2.88 bits per heavy atom. The number of rotatable bonds is 6. The van der Waals surface area contributed by atoms with E-state index in [1.54, 1.807) is 25.3 Å². The van der Waals surface area contributed by atoms with Gasteiger partial charge >= 0.3 is 0 Å². The monoisotopic (exact) mass is 220 g/mol. The standard InChI is InChI=1S/C13H16O3/c1-3-4-5-8-16-13-9-12(15-2)7-6-11(13)10-14/h1,6-7,9,14H,4-5,8,10H2,2H3. The molecule has 0 aliphatic heterocycles. The molecule has 0 aromatic heterocycles. The molecule has 1 aromatic rings. The number of ether oxygens (including phenoxy) is 2. The highest BCUT2D eigenvalue weighted by atomic mass is 16.5. The summed E-state index contributed by atoms with van der Waals surface area (Å²) in [5.74, 6) is 3.91. The van der Waals surface area contributed by atoms with Crippen LogP contribution in [0, 0.1) is 12.3 Å². The molecular formula is C13H16O3. The van der Waals surface area contributed by atoms with E-state index < -0.39 is 0 Å². The highest BCUT2D eigenvalue weighted by Crippen LogP contribution is 2.24. The van der Waals surface area contributed by atoms with Gasteiger partial charge in [0.2, 0.25) is 0 Å². The molecule has 0 bridgehead atoms. The van der Waals surface area contributed by atoms with E-state index in [4.69, 9.17) is 21.0 Å². The molecule has 0 heterocycles. The Balaban J connectivity index is 2.64. The molecule has 0 unspecified atom stereocenters. The van der Waals surface area contributed by atoms with Crippen molar-refractivity contribution in [3.63, 3.8) is 0 Å². The molecule has 16 heavy (non-hydrogen) atoms. The molecule has 0 atom stereocenters. The first kappa shape index (κ1) is 12.4. The molecular weight excluding hydrogens is 204 g/mol. The van der Waals surface area contributed by atoms with Crippen LogP contribution in [0.1, 0.15) is 18.4 Å². The maximum Gasteiger partial charge on any atom is 0.128 e. The van der Waals surface area contributed by atoms with Crippen LogP contribution in [0.4, 0.5) is 0 Å². The molecule has 0 aliphatic rings. The third kappa shape index (κ3) is 3.48. The summed E-state index contributed by atoms with van der Waals surface area (Å²) >= 11 is 0. The third-order valence-corrected chi connectivity index (χ3v) is 2.17. The van der Waals surface area contributed by atoms with Crippen LogP contribution >= 0.6 is 0 Å². The Bertz CT molecular complexity index is 366. The summed E-state index contributed by atoms with van der Waals surface area (Å²) in [6.45, 7) is 0.499. The van der Waals surface area contributed by atoms with E-state index in [0.29, 0.717) is 24.5 Å². The van der Waals surface area contributed by atoms with E-state index in [0.717, 1.165) is 12.0 Å². The topological polar surface area (TPSA) is 38.7 Å². The van der Waals surface area contributed by atoms with Crippen LogP contribution in [0.5, 0.6) is 11.5 Å². The first-order valence-corrected chi connectivity index (χ1v) is 5.16. The maximum atomic E-state index is 9.13. The Morgan fingerprint density at radius 1 is 1.44 bits per heavy atom. The SMILES string of the molecule is C#CCCCOc1cc(OC)ccc1CO. The van der Waals surface area contributed by atoms with Gasteiger partial charge in [-0.05, 0) is 18.6 Å². The minimum atomic E-state index is -0.0472. The van der Waals surface area contributed by atoms with E-state index in [2.05, 4.69) is 5.92 Å². The predicted molar refractivity (Wildman–Crippen MR) is 62.5 cm³/mol. The van der Waals surface area contributed by atoms with Gasteiger partial charge in [0.15, 0.2) is 0 Å². The largest absolute Gasteiger partial charge is 0.497 e. The molecule has 1 N–H and O–H groups in total. The highest BCUT2D eigenvalue weighted by Gasteiger charge is 2.04. The fraction of sp³-hybridized carbons (Fsp3) is 0.385. The van der Waals surface area contributed by atoms with Crippen molar-refractivity contribution in [3.05, 3.63) is 23.8 Å². The number of hydrogen-bond acceptors (Lipinski definition) is 3. The summed E-state index contributed by atoms with van der Waals surface area (Å²) in [6.07, 6.45) is 6.64. The lowest BCUT2D eigenvalue weighted by Crippen LogP contribution is -2.00. The van der Waals surface area contributed by atoms with E-state index in [9.17, 15) is 0 Å². The van der Waals surface area contributed by atoms with Crippen molar-refractivity contribution in [3.8, 4) is 23.8 Å². The maximum absolute atomic E-state index is 9.13. The summed E-state index contributed by atoms with van der Waals surface area (Å²) in [5, 5.41) is 9.13. The van der Waals surface area contributed by atoms with Crippen LogP contribution in [0.25, 0.3) is 0 Å². The van der Waals surface area contributed by atoms with Crippen LogP contribution < -0.4 is 9.47 Å². The van der Waals surface area contributed by atoms with Gasteiger partial charge in [0.25, 0.3) is 0 Å². The lowest BCUT2D eigenvalue weighted by molar-refractivity contribution is 0.261. The number of aliphatic hydroxyl groups is 1. The zero-order valence-electron chi connectivity index (χ0n) is 9.40. The highest BCUT2D eigenvalue weighted by molar-refractivity contribution is 5.40. The number of benzene rings is 1. The summed E-state index contributed by atoms with van der Waals surface area (Å²) in [5.41, 5.74) is 0.751. The van der Waals surface area contributed by atoms with Crippen molar-refractivity contribution >= 4 is 0 Å². The predicted octanol–water partition coefficient (Wildman–Crippen LogP) is 1.98. The average Bonchev–Trinajstić information content (AvgIpc) is 2.34. The van der Waals surface area contributed by atoms with Crippen LogP contribution in [0.3, 0.4) is 0 Å². The first-order chi connectivity index (χ1) is 7.81. The number of terminal acetylenes is 1. The van der Waals surface area contributed by atoms with Crippen LogP contribution in [0.15, 0.2) is 18.2 Å². The second kappa shape index (κ2) is 6.76. The molecule has 0 saturated carbocycles. The van der Waals surface area contributed by atoms with Gasteiger partial charge in [0, 0.05) is 18.1 Å². The zero-order chi connectivity index (χ0) is 11.8. The van der Waals surface area contributed by atoms with Crippen molar-refractivity contribution in [2.45, 2.75) is 19.4 Å². The van der Waals surface area contributed by atoms with Gasteiger partial charge in [0.1, 0.15) is 11.5 Å². The van der Waals surface area contributed by atoms with Crippen LogP contribution in [-0.2, 0) is 6.61 Å². The molecule has 0 saturated heterocycles. The summed E-state index contributed by atoms with van der Waals surface area (Å²) in [6, 6.07) is 5.34. The second-order valence-corrected chi connectivity index (χ2v) is 3.29. The number of methoxy groups -OCH3 is 1. The number of unbranched alkanes of at least 4 members (excludes halogenated alkanes) is 1. The second-order valence-electron chi connectivity index (χ2n) is 3.29. The molecule has 1 rings (SSSR count). The van der Waals surface area contributed by atoms with Gasteiger partial charge in [-0.2, -0.15) is 0 Å². The average molecular weight is 220 g/mol. The van der Waals surface area contributed by atoms with E-state index in [-0.39, 0.29) is 6.61 Å². The van der Waals surface area contributed by atoms with Crippen molar-refractivity contribution in [1.29, 1.82) is 0 Å². The fourth-order valence-electron chi connectivity index (χ4n) is 1.28. The van der Waals surface area contributed by atoms with Crippen LogP contribution in [0.2, 0.25) is 0 Å². The van der Waals surface area contributed by atoms with E-state index in [1.165, 1.54) is 0 Å². The van der Waals surface area contributed by atoms with Crippen molar-refractivity contribution in [2.75, 3.05) is 13.7 Å². The normalized spacial score (nSPS) is 9.56. The van der Waals surface area contributed by atoms with Crippen molar-refractivity contribution in [2.24, 2.45) is 0 Å². The molecule has 0 aliphatic carbocycles. The van der Waals surface area contributed by atoms with Crippen LogP contribution in [-0.4, -0.2) is 18.8 Å². The van der Waals surface area contributed by atoms with Gasteiger partial charge < -0.3 is 14.6 Å². The minimum absolute atomic E-state index is 0.0472. The first-order valence-electron chi connectivity index (χ1n) is 5.16.